The van der Waals surface area contributed by atoms with Gasteiger partial charge >= 0.3 is 0 Å². The molecular formula is C20H22O5. The third-order valence-electron chi connectivity index (χ3n) is 5.96. The summed E-state index contributed by atoms with van der Waals surface area (Å²) in [5, 5.41) is 10.9. The number of hydrogen-bond acceptors (Lipinski definition) is 5. The minimum absolute atomic E-state index is 0.0212. The van der Waals surface area contributed by atoms with Crippen LogP contribution in [0.25, 0.3) is 0 Å². The average Bonchev–Trinajstić information content (AvgIpc) is 3.13. The van der Waals surface area contributed by atoms with Gasteiger partial charge in [-0.05, 0) is 41.7 Å². The highest BCUT2D eigenvalue weighted by molar-refractivity contribution is 6.00. The lowest BCUT2D eigenvalue weighted by atomic mass is 9.79. The maximum Gasteiger partial charge on any atom is 0.231 e. The molecule has 2 bridgehead atoms. The summed E-state index contributed by atoms with van der Waals surface area (Å²) in [5.74, 6) is 0.608. The molecule has 4 rings (SSSR count). The van der Waals surface area contributed by atoms with Gasteiger partial charge in [0.15, 0.2) is 17.3 Å². The van der Waals surface area contributed by atoms with E-state index < -0.39 is 17.6 Å². The van der Waals surface area contributed by atoms with Crippen molar-refractivity contribution in [2.75, 3.05) is 13.9 Å². The molecule has 0 radical (unpaired) electrons. The monoisotopic (exact) mass is 342 g/mol. The number of allylic oxidation sites excluding steroid dienone is 2. The van der Waals surface area contributed by atoms with Crippen molar-refractivity contribution < 1.29 is 24.1 Å². The number of benzene rings is 1. The van der Waals surface area contributed by atoms with Crippen LogP contribution in [0.15, 0.2) is 42.5 Å². The van der Waals surface area contributed by atoms with Crippen molar-refractivity contribution >= 4 is 5.78 Å². The van der Waals surface area contributed by atoms with Crippen LogP contribution in [0.2, 0.25) is 0 Å². The lowest BCUT2D eigenvalue weighted by Gasteiger charge is -2.36. The number of fused-ring (bicyclic) bond motifs is 3. The zero-order valence-corrected chi connectivity index (χ0v) is 14.4. The quantitative estimate of drug-likeness (QED) is 0.852. The van der Waals surface area contributed by atoms with Gasteiger partial charge in [-0.15, -0.1) is 6.58 Å². The normalized spacial score (nSPS) is 35.6. The van der Waals surface area contributed by atoms with Crippen molar-refractivity contribution in [3.05, 3.63) is 48.1 Å². The van der Waals surface area contributed by atoms with Crippen molar-refractivity contribution in [3.8, 4) is 11.5 Å². The van der Waals surface area contributed by atoms with E-state index in [1.807, 2.05) is 31.2 Å². The maximum absolute atomic E-state index is 13.0. The zero-order valence-electron chi connectivity index (χ0n) is 14.4. The Hall–Kier alpha value is -2.11. The SMILES string of the molecule is C=CCC1=C[C@]2(OC)[C@H](C)[C@@H](c3ccc4c(c3)OCO4)[C@H](C1=O)[C@@H]2O. The summed E-state index contributed by atoms with van der Waals surface area (Å²) in [6.45, 7) is 5.97. The van der Waals surface area contributed by atoms with E-state index >= 15 is 0 Å². The summed E-state index contributed by atoms with van der Waals surface area (Å²) in [7, 11) is 1.59. The molecule has 1 heterocycles. The van der Waals surface area contributed by atoms with Crippen LogP contribution in [-0.4, -0.2) is 36.5 Å². The van der Waals surface area contributed by atoms with Crippen molar-refractivity contribution in [2.24, 2.45) is 11.8 Å². The number of methoxy groups -OCH3 is 1. The van der Waals surface area contributed by atoms with Crippen molar-refractivity contribution in [1.82, 2.24) is 0 Å². The van der Waals surface area contributed by atoms with Gasteiger partial charge < -0.3 is 19.3 Å². The number of aliphatic hydroxyl groups is 1. The van der Waals surface area contributed by atoms with Crippen LogP contribution < -0.4 is 9.47 Å². The first-order valence-corrected chi connectivity index (χ1v) is 8.53. The van der Waals surface area contributed by atoms with Gasteiger partial charge in [0.2, 0.25) is 6.79 Å². The van der Waals surface area contributed by atoms with Gasteiger partial charge in [0.1, 0.15) is 5.60 Å². The van der Waals surface area contributed by atoms with Gasteiger partial charge in [0.05, 0.1) is 12.0 Å². The van der Waals surface area contributed by atoms with Crippen molar-refractivity contribution in [1.29, 1.82) is 0 Å². The zero-order chi connectivity index (χ0) is 17.8. The van der Waals surface area contributed by atoms with E-state index in [2.05, 4.69) is 6.58 Å². The number of carbonyl (C=O) groups excluding carboxylic acids is 1. The van der Waals surface area contributed by atoms with Crippen molar-refractivity contribution in [3.63, 3.8) is 0 Å². The summed E-state index contributed by atoms with van der Waals surface area (Å²) >= 11 is 0. The number of ketones is 1. The molecule has 0 saturated heterocycles. The number of ether oxygens (including phenoxy) is 3. The van der Waals surface area contributed by atoms with Gasteiger partial charge in [-0.25, -0.2) is 0 Å². The first-order valence-electron chi connectivity index (χ1n) is 8.53. The van der Waals surface area contributed by atoms with E-state index in [1.54, 1.807) is 13.2 Å². The van der Waals surface area contributed by atoms with E-state index in [0.717, 1.165) is 5.56 Å². The standard InChI is InChI=1S/C20H22O5/c1-4-5-13-9-20(23-3)11(2)16(17(18(13)21)19(20)22)12-6-7-14-15(8-12)25-10-24-14/h4,6-9,11,16-17,19,22H,1,5,10H2,2-3H3/t11-,16+,17-,19+,20+/m1/s1. The van der Waals surface area contributed by atoms with E-state index in [1.165, 1.54) is 0 Å². The second-order valence-electron chi connectivity index (χ2n) is 6.98. The maximum atomic E-state index is 13.0. The Balaban J connectivity index is 1.81. The summed E-state index contributed by atoms with van der Waals surface area (Å²) < 4.78 is 16.7. The Labute approximate surface area is 146 Å². The van der Waals surface area contributed by atoms with Crippen LogP contribution in [0.5, 0.6) is 11.5 Å². The number of Topliss-reactive ketones (excluding diaryl/α,β-unsaturated/α-hetero) is 1. The highest BCUT2D eigenvalue weighted by atomic mass is 16.7. The molecule has 3 aliphatic rings. The fourth-order valence-corrected chi connectivity index (χ4v) is 4.72. The highest BCUT2D eigenvalue weighted by Gasteiger charge is 2.63. The van der Waals surface area contributed by atoms with Crippen LogP contribution in [-0.2, 0) is 9.53 Å². The van der Waals surface area contributed by atoms with Gasteiger partial charge in [-0.2, -0.15) is 0 Å². The van der Waals surface area contributed by atoms with Gasteiger partial charge in [0.25, 0.3) is 0 Å². The number of rotatable bonds is 4. The second-order valence-corrected chi connectivity index (χ2v) is 6.98. The summed E-state index contributed by atoms with van der Waals surface area (Å²) in [6.07, 6.45) is 3.14. The summed E-state index contributed by atoms with van der Waals surface area (Å²) in [4.78, 5) is 13.0. The largest absolute Gasteiger partial charge is 0.454 e. The summed E-state index contributed by atoms with van der Waals surface area (Å²) in [5.41, 5.74) is 0.765. The first kappa shape index (κ1) is 16.4. The molecule has 5 atom stereocenters. The number of hydrogen-bond donors (Lipinski definition) is 1. The molecule has 5 heteroatoms. The molecule has 0 spiro atoms. The van der Waals surface area contributed by atoms with Gasteiger partial charge in [-0.1, -0.05) is 19.1 Å². The molecule has 25 heavy (non-hydrogen) atoms. The van der Waals surface area contributed by atoms with Crippen LogP contribution in [0.4, 0.5) is 0 Å². The molecule has 1 aromatic carbocycles. The highest BCUT2D eigenvalue weighted by Crippen LogP contribution is 2.56. The van der Waals surface area contributed by atoms with E-state index in [9.17, 15) is 9.90 Å². The van der Waals surface area contributed by atoms with Crippen LogP contribution in [0, 0.1) is 11.8 Å². The Kier molecular flexibility index (Phi) is 3.74. The topological polar surface area (TPSA) is 65.0 Å². The van der Waals surface area contributed by atoms with E-state index in [0.29, 0.717) is 23.5 Å². The fraction of sp³-hybridized carbons (Fsp3) is 0.450. The van der Waals surface area contributed by atoms with E-state index in [-0.39, 0.29) is 24.4 Å². The lowest BCUT2D eigenvalue weighted by molar-refractivity contribution is -0.130. The molecular weight excluding hydrogens is 320 g/mol. The molecule has 1 N–H and O–H groups in total. The predicted molar refractivity (Wildman–Crippen MR) is 91.6 cm³/mol. The average molecular weight is 342 g/mol. The molecule has 132 valence electrons. The molecule has 2 aliphatic carbocycles. The predicted octanol–water partition coefficient (Wildman–Crippen LogP) is 2.60. The fourth-order valence-electron chi connectivity index (χ4n) is 4.72. The third kappa shape index (κ3) is 2.12. The first-order chi connectivity index (χ1) is 12.0. The van der Waals surface area contributed by atoms with Gasteiger partial charge in [-0.3, -0.25) is 4.79 Å². The van der Waals surface area contributed by atoms with Crippen molar-refractivity contribution in [2.45, 2.75) is 31.0 Å². The van der Waals surface area contributed by atoms with Crippen LogP contribution in [0.3, 0.4) is 0 Å². The van der Waals surface area contributed by atoms with Crippen LogP contribution in [0.1, 0.15) is 24.8 Å². The van der Waals surface area contributed by atoms with Crippen LogP contribution >= 0.6 is 0 Å². The Morgan fingerprint density at radius 2 is 2.12 bits per heavy atom. The third-order valence-corrected chi connectivity index (χ3v) is 5.96. The molecule has 0 unspecified atom stereocenters. The molecule has 1 fully saturated rings. The Bertz CT molecular complexity index is 767. The molecule has 0 amide bonds. The minimum atomic E-state index is -0.871. The second kappa shape index (κ2) is 5.71. The molecule has 1 aromatic rings. The molecule has 1 saturated carbocycles. The number of aliphatic hydroxyl groups excluding tert-OH is 1. The Morgan fingerprint density at radius 1 is 1.36 bits per heavy atom. The summed E-state index contributed by atoms with van der Waals surface area (Å²) in [6, 6.07) is 5.73. The smallest absolute Gasteiger partial charge is 0.231 e. The molecule has 1 aliphatic heterocycles. The molecule has 5 nitrogen and oxygen atoms in total. The van der Waals surface area contributed by atoms with E-state index in [4.69, 9.17) is 14.2 Å². The molecule has 0 aromatic heterocycles. The van der Waals surface area contributed by atoms with Gasteiger partial charge in [0, 0.05) is 13.0 Å². The Morgan fingerprint density at radius 3 is 2.84 bits per heavy atom. The lowest BCUT2D eigenvalue weighted by Crippen LogP contribution is -2.48. The number of carbonyl (C=O) groups is 1. The minimum Gasteiger partial charge on any atom is -0.454 e.